The Hall–Kier alpha value is -3.07. The van der Waals surface area contributed by atoms with E-state index in [-0.39, 0.29) is 16.4 Å². The molecule has 0 unspecified atom stereocenters. The number of aromatic carboxylic acids is 1. The highest BCUT2D eigenvalue weighted by Crippen LogP contribution is 2.31. The van der Waals surface area contributed by atoms with Gasteiger partial charge in [0.2, 0.25) is 5.95 Å². The third-order valence-electron chi connectivity index (χ3n) is 4.67. The first-order valence-electron chi connectivity index (χ1n) is 8.42. The second-order valence-electron chi connectivity index (χ2n) is 6.54. The van der Waals surface area contributed by atoms with Crippen molar-refractivity contribution in [2.45, 2.75) is 18.7 Å². The number of anilines is 1. The van der Waals surface area contributed by atoms with Crippen molar-refractivity contribution in [3.8, 4) is 5.75 Å². The maximum absolute atomic E-state index is 13.3. The number of carboxylic acids is 1. The number of rotatable bonds is 5. The molecule has 0 saturated heterocycles. The molecule has 0 aliphatic rings. The van der Waals surface area contributed by atoms with Gasteiger partial charge in [-0.2, -0.15) is 0 Å². The second-order valence-corrected chi connectivity index (χ2v) is 8.45. The Labute approximate surface area is 163 Å². The molecule has 3 aromatic rings. The Balaban J connectivity index is 2.14. The Kier molecular flexibility index (Phi) is 4.80. The van der Waals surface area contributed by atoms with E-state index >= 15 is 0 Å². The summed E-state index contributed by atoms with van der Waals surface area (Å²) in [5.74, 6) is -0.299. The summed E-state index contributed by atoms with van der Waals surface area (Å²) >= 11 is 0. The second kappa shape index (κ2) is 6.83. The summed E-state index contributed by atoms with van der Waals surface area (Å²) in [6, 6.07) is 7.83. The van der Waals surface area contributed by atoms with E-state index in [1.807, 2.05) is 0 Å². The standard InChI is InChI=1S/C19H21N3O5S/c1-11-8-14(27-5)9-12(2)17(11)28(25,26)22(4)19-20-15-10-13(18(23)24)6-7-16(15)21(19)3/h6-10H,1-5H3,(H,23,24). The average Bonchev–Trinajstić information content (AvgIpc) is 2.96. The van der Waals surface area contributed by atoms with Gasteiger partial charge < -0.3 is 14.4 Å². The Bertz CT molecular complexity index is 1170. The number of carbonyl (C=O) groups is 1. The van der Waals surface area contributed by atoms with Crippen molar-refractivity contribution in [1.82, 2.24) is 9.55 Å². The molecule has 2 aromatic carbocycles. The van der Waals surface area contributed by atoms with E-state index in [0.717, 1.165) is 4.31 Å². The molecule has 0 aliphatic carbocycles. The van der Waals surface area contributed by atoms with Gasteiger partial charge in [-0.3, -0.25) is 0 Å². The molecule has 28 heavy (non-hydrogen) atoms. The van der Waals surface area contributed by atoms with Crippen LogP contribution in [0.1, 0.15) is 21.5 Å². The SMILES string of the molecule is COc1cc(C)c(S(=O)(=O)N(C)c2nc3cc(C(=O)O)ccc3n2C)c(C)c1. The lowest BCUT2D eigenvalue weighted by molar-refractivity contribution is 0.0697. The van der Waals surface area contributed by atoms with Crippen LogP contribution in [-0.2, 0) is 17.1 Å². The molecular weight excluding hydrogens is 382 g/mol. The topological polar surface area (TPSA) is 102 Å². The fourth-order valence-corrected chi connectivity index (χ4v) is 4.87. The number of hydrogen-bond donors (Lipinski definition) is 1. The largest absolute Gasteiger partial charge is 0.497 e. The summed E-state index contributed by atoms with van der Waals surface area (Å²) in [5, 5.41) is 9.16. The van der Waals surface area contributed by atoms with Gasteiger partial charge in [0.1, 0.15) is 5.75 Å². The summed E-state index contributed by atoms with van der Waals surface area (Å²) in [6.45, 7) is 3.43. The van der Waals surface area contributed by atoms with Crippen LogP contribution in [0.3, 0.4) is 0 Å². The van der Waals surface area contributed by atoms with Crippen molar-refractivity contribution in [2.24, 2.45) is 7.05 Å². The third-order valence-corrected chi connectivity index (χ3v) is 6.72. The summed E-state index contributed by atoms with van der Waals surface area (Å²) in [6.07, 6.45) is 0. The minimum atomic E-state index is -3.90. The number of carboxylic acid groups (broad SMARTS) is 1. The van der Waals surface area contributed by atoms with Gasteiger partial charge in [-0.15, -0.1) is 0 Å². The van der Waals surface area contributed by atoms with Crippen LogP contribution >= 0.6 is 0 Å². The normalized spacial score (nSPS) is 11.6. The molecule has 0 amide bonds. The van der Waals surface area contributed by atoms with E-state index in [4.69, 9.17) is 9.84 Å². The van der Waals surface area contributed by atoms with E-state index < -0.39 is 16.0 Å². The number of benzene rings is 2. The molecule has 1 heterocycles. The number of fused-ring (bicyclic) bond motifs is 1. The van der Waals surface area contributed by atoms with Gasteiger partial charge in [0.25, 0.3) is 10.0 Å². The summed E-state index contributed by atoms with van der Waals surface area (Å²) in [4.78, 5) is 15.7. The zero-order valence-electron chi connectivity index (χ0n) is 16.2. The Morgan fingerprint density at radius 1 is 1.18 bits per heavy atom. The predicted octanol–water partition coefficient (Wildman–Crippen LogP) is 2.72. The Morgan fingerprint density at radius 2 is 1.79 bits per heavy atom. The lowest BCUT2D eigenvalue weighted by Gasteiger charge is -2.21. The number of hydrogen-bond acceptors (Lipinski definition) is 5. The maximum Gasteiger partial charge on any atom is 0.335 e. The van der Waals surface area contributed by atoms with Crippen LogP contribution < -0.4 is 9.04 Å². The lowest BCUT2D eigenvalue weighted by atomic mass is 10.1. The monoisotopic (exact) mass is 403 g/mol. The van der Waals surface area contributed by atoms with Crippen LogP contribution in [-0.4, -0.2) is 43.2 Å². The molecule has 148 valence electrons. The van der Waals surface area contributed by atoms with Crippen LogP contribution in [0.5, 0.6) is 5.75 Å². The van der Waals surface area contributed by atoms with Gasteiger partial charge in [-0.25, -0.2) is 22.5 Å². The summed E-state index contributed by atoms with van der Waals surface area (Å²) in [7, 11) is 0.744. The van der Waals surface area contributed by atoms with Gasteiger partial charge in [0, 0.05) is 14.1 Å². The van der Waals surface area contributed by atoms with Crippen molar-refractivity contribution >= 4 is 33.0 Å². The third kappa shape index (κ3) is 3.07. The summed E-state index contributed by atoms with van der Waals surface area (Å²) < 4.78 is 34.6. The van der Waals surface area contributed by atoms with Crippen LogP contribution in [0.2, 0.25) is 0 Å². The molecule has 0 radical (unpaired) electrons. The Morgan fingerprint density at radius 3 is 2.32 bits per heavy atom. The molecule has 0 atom stereocenters. The van der Waals surface area contributed by atoms with Crippen molar-refractivity contribution in [3.63, 3.8) is 0 Å². The highest BCUT2D eigenvalue weighted by Gasteiger charge is 2.29. The van der Waals surface area contributed by atoms with Crippen LogP contribution in [0.4, 0.5) is 5.95 Å². The molecule has 0 fully saturated rings. The molecule has 0 aliphatic heterocycles. The van der Waals surface area contributed by atoms with E-state index in [2.05, 4.69) is 4.98 Å². The first-order valence-corrected chi connectivity index (χ1v) is 9.86. The minimum absolute atomic E-state index is 0.0875. The van der Waals surface area contributed by atoms with E-state index in [1.165, 1.54) is 26.3 Å². The van der Waals surface area contributed by atoms with Crippen LogP contribution in [0.25, 0.3) is 11.0 Å². The fourth-order valence-electron chi connectivity index (χ4n) is 3.28. The van der Waals surface area contributed by atoms with Crippen LogP contribution in [0.15, 0.2) is 35.2 Å². The quantitative estimate of drug-likeness (QED) is 0.703. The number of methoxy groups -OCH3 is 1. The number of sulfonamides is 1. The highest BCUT2D eigenvalue weighted by atomic mass is 32.2. The van der Waals surface area contributed by atoms with Crippen molar-refractivity contribution in [2.75, 3.05) is 18.5 Å². The van der Waals surface area contributed by atoms with Crippen molar-refractivity contribution in [1.29, 1.82) is 0 Å². The summed E-state index contributed by atoms with van der Waals surface area (Å²) in [5.41, 5.74) is 2.25. The highest BCUT2D eigenvalue weighted by molar-refractivity contribution is 7.92. The molecule has 1 aromatic heterocycles. The molecule has 3 rings (SSSR count). The maximum atomic E-state index is 13.3. The molecule has 0 saturated carbocycles. The zero-order valence-corrected chi connectivity index (χ0v) is 17.0. The lowest BCUT2D eigenvalue weighted by Crippen LogP contribution is -2.30. The number of aromatic nitrogens is 2. The number of nitrogens with zero attached hydrogens (tertiary/aromatic N) is 3. The first-order chi connectivity index (χ1) is 13.1. The van der Waals surface area contributed by atoms with Crippen molar-refractivity contribution in [3.05, 3.63) is 47.0 Å². The molecule has 0 bridgehead atoms. The minimum Gasteiger partial charge on any atom is -0.497 e. The molecule has 1 N–H and O–H groups in total. The van der Waals surface area contributed by atoms with Crippen LogP contribution in [0, 0.1) is 13.8 Å². The van der Waals surface area contributed by atoms with Gasteiger partial charge >= 0.3 is 5.97 Å². The van der Waals surface area contributed by atoms with Gasteiger partial charge in [-0.05, 0) is 55.3 Å². The van der Waals surface area contributed by atoms with E-state index in [1.54, 1.807) is 43.7 Å². The van der Waals surface area contributed by atoms with Gasteiger partial charge in [0.15, 0.2) is 0 Å². The van der Waals surface area contributed by atoms with Crippen molar-refractivity contribution < 1.29 is 23.1 Å². The zero-order chi connectivity index (χ0) is 20.8. The molecule has 9 heteroatoms. The van der Waals surface area contributed by atoms with E-state index in [9.17, 15) is 13.2 Å². The predicted molar refractivity (Wildman–Crippen MR) is 106 cm³/mol. The molecule has 8 nitrogen and oxygen atoms in total. The number of ether oxygens (including phenoxy) is 1. The average molecular weight is 403 g/mol. The van der Waals surface area contributed by atoms with Gasteiger partial charge in [0.05, 0.1) is 28.6 Å². The first kappa shape index (κ1) is 19.7. The number of imidazole rings is 1. The fraction of sp³-hybridized carbons (Fsp3) is 0.263. The molecule has 0 spiro atoms. The van der Waals surface area contributed by atoms with E-state index in [0.29, 0.717) is 27.9 Å². The van der Waals surface area contributed by atoms with Gasteiger partial charge in [-0.1, -0.05) is 0 Å². The number of aryl methyl sites for hydroxylation is 3. The molecular formula is C19H21N3O5S. The smallest absolute Gasteiger partial charge is 0.335 e.